The van der Waals surface area contributed by atoms with Gasteiger partial charge in [0.05, 0.1) is 20.5 Å². The third kappa shape index (κ3) is 3.69. The minimum atomic E-state index is -0.0636. The highest BCUT2D eigenvalue weighted by molar-refractivity contribution is 7.28. The molecule has 0 aliphatic rings. The molecule has 0 spiro atoms. The molecule has 0 saturated heterocycles. The molecule has 0 unspecified atom stereocenters. The maximum Gasteiger partial charge on any atom is 0.0531 e. The lowest BCUT2D eigenvalue weighted by Crippen LogP contribution is -2.00. The molecule has 0 saturated carbocycles. The lowest BCUT2D eigenvalue weighted by Gasteiger charge is -2.10. The van der Waals surface area contributed by atoms with E-state index in [0.717, 1.165) is 11.1 Å². The summed E-state index contributed by atoms with van der Waals surface area (Å²) in [6.07, 6.45) is 0. The van der Waals surface area contributed by atoms with E-state index in [2.05, 4.69) is 114 Å². The van der Waals surface area contributed by atoms with Gasteiger partial charge in [0.15, 0.2) is 0 Å². The second-order valence-corrected chi connectivity index (χ2v) is 12.5. The van der Waals surface area contributed by atoms with Crippen LogP contribution in [-0.2, 0) is 0 Å². The van der Waals surface area contributed by atoms with Gasteiger partial charge in [0.1, 0.15) is 0 Å². The maximum atomic E-state index is 3.63. The number of hydrogen-bond donors (Lipinski definition) is 0. The van der Waals surface area contributed by atoms with Crippen LogP contribution < -0.4 is 0 Å². The summed E-state index contributed by atoms with van der Waals surface area (Å²) in [6.45, 7) is 13.0. The van der Waals surface area contributed by atoms with Crippen LogP contribution in [-0.4, -0.2) is 0 Å². The molecule has 0 atom stereocenters. The Balaban J connectivity index is 2.08. The van der Waals surface area contributed by atoms with Gasteiger partial charge in [-0.15, -0.1) is 22.7 Å². The van der Waals surface area contributed by atoms with E-state index in [1.807, 2.05) is 22.7 Å². The molecular formula is C30H26S2. The van der Waals surface area contributed by atoms with Crippen LogP contribution in [0.2, 0.25) is 0 Å². The van der Waals surface area contributed by atoms with Crippen molar-refractivity contribution in [2.24, 2.45) is 10.8 Å². The number of thiophene rings is 2. The Labute approximate surface area is 198 Å². The molecule has 158 valence electrons. The van der Waals surface area contributed by atoms with E-state index in [0.29, 0.717) is 0 Å². The van der Waals surface area contributed by atoms with E-state index in [1.54, 1.807) is 0 Å². The minimum Gasteiger partial charge on any atom is -0.134 e. The fourth-order valence-corrected chi connectivity index (χ4v) is 6.34. The van der Waals surface area contributed by atoms with E-state index >= 15 is 0 Å². The monoisotopic (exact) mass is 450 g/mol. The number of benzene rings is 3. The quantitative estimate of drug-likeness (QED) is 0.206. The van der Waals surface area contributed by atoms with Crippen molar-refractivity contribution in [2.75, 3.05) is 0 Å². The molecule has 0 N–H and O–H groups in total. The SMILES string of the molecule is CC(C)(C)C#Cc1c2sc3ccccc3c2c(C#CC(C)(C)C)c2sc3ccccc3c12. The summed E-state index contributed by atoms with van der Waals surface area (Å²) >= 11 is 3.70. The average Bonchev–Trinajstić information content (AvgIpc) is 3.28. The number of hydrogen-bond acceptors (Lipinski definition) is 2. The fraction of sp³-hybridized carbons (Fsp3) is 0.267. The summed E-state index contributed by atoms with van der Waals surface area (Å²) < 4.78 is 5.11. The molecule has 0 amide bonds. The van der Waals surface area contributed by atoms with Gasteiger partial charge in [0, 0.05) is 41.8 Å². The Morgan fingerprint density at radius 1 is 0.562 bits per heavy atom. The van der Waals surface area contributed by atoms with Gasteiger partial charge >= 0.3 is 0 Å². The van der Waals surface area contributed by atoms with E-state index < -0.39 is 0 Å². The molecule has 3 aromatic carbocycles. The number of fused-ring (bicyclic) bond motifs is 6. The molecule has 2 heteroatoms. The molecule has 0 nitrogen and oxygen atoms in total. The van der Waals surface area contributed by atoms with Gasteiger partial charge in [-0.25, -0.2) is 0 Å². The summed E-state index contributed by atoms with van der Waals surface area (Å²) in [5.74, 6) is 14.3. The van der Waals surface area contributed by atoms with Gasteiger partial charge in [-0.3, -0.25) is 0 Å². The summed E-state index contributed by atoms with van der Waals surface area (Å²) in [6, 6.07) is 17.4. The first kappa shape index (κ1) is 21.1. The Hall–Kier alpha value is -2.78. The Morgan fingerprint density at radius 3 is 1.31 bits per heavy atom. The van der Waals surface area contributed by atoms with E-state index in [-0.39, 0.29) is 10.8 Å². The predicted molar refractivity (Wildman–Crippen MR) is 145 cm³/mol. The van der Waals surface area contributed by atoms with Gasteiger partial charge in [-0.2, -0.15) is 0 Å². The normalized spacial score (nSPS) is 12.2. The van der Waals surface area contributed by atoms with Crippen LogP contribution in [0.4, 0.5) is 0 Å². The Kier molecular flexibility index (Phi) is 4.86. The van der Waals surface area contributed by atoms with Crippen molar-refractivity contribution in [1.82, 2.24) is 0 Å². The van der Waals surface area contributed by atoms with Crippen molar-refractivity contribution in [2.45, 2.75) is 41.5 Å². The van der Waals surface area contributed by atoms with Crippen LogP contribution in [0.3, 0.4) is 0 Å². The van der Waals surface area contributed by atoms with Crippen molar-refractivity contribution in [1.29, 1.82) is 0 Å². The second kappa shape index (κ2) is 7.38. The Bertz CT molecular complexity index is 1510. The third-order valence-electron chi connectivity index (χ3n) is 5.27. The molecule has 0 bridgehead atoms. The standard InChI is InChI=1S/C30H26S2/c1-29(2,3)17-15-21-25-19-11-7-9-13-23(19)32-28(25)22(16-18-30(4,5)6)26-20-12-8-10-14-24(20)31-27(21)26/h7-14H,1-6H3. The molecule has 2 aromatic heterocycles. The summed E-state index contributed by atoms with van der Waals surface area (Å²) in [7, 11) is 0. The van der Waals surface area contributed by atoms with Gasteiger partial charge in [0.25, 0.3) is 0 Å². The maximum absolute atomic E-state index is 3.63. The van der Waals surface area contributed by atoms with Crippen molar-refractivity contribution in [3.05, 3.63) is 59.7 Å². The average molecular weight is 451 g/mol. The highest BCUT2D eigenvalue weighted by Gasteiger charge is 2.21. The molecule has 0 radical (unpaired) electrons. The van der Waals surface area contributed by atoms with Crippen molar-refractivity contribution in [3.63, 3.8) is 0 Å². The van der Waals surface area contributed by atoms with Crippen molar-refractivity contribution < 1.29 is 0 Å². The number of rotatable bonds is 0. The fourth-order valence-electron chi connectivity index (χ4n) is 3.91. The highest BCUT2D eigenvalue weighted by Crippen LogP contribution is 2.47. The van der Waals surface area contributed by atoms with Gasteiger partial charge < -0.3 is 0 Å². The lowest BCUT2D eigenvalue weighted by molar-refractivity contribution is 0.570. The predicted octanol–water partition coefficient (Wildman–Crippen LogP) is 9.22. The van der Waals surface area contributed by atoms with Gasteiger partial charge in [0.2, 0.25) is 0 Å². The van der Waals surface area contributed by atoms with Crippen LogP contribution in [0.5, 0.6) is 0 Å². The topological polar surface area (TPSA) is 0 Å². The molecule has 32 heavy (non-hydrogen) atoms. The summed E-state index contributed by atoms with van der Waals surface area (Å²) in [5.41, 5.74) is 2.19. The van der Waals surface area contributed by atoms with Gasteiger partial charge in [-0.05, 0) is 53.7 Å². The van der Waals surface area contributed by atoms with Crippen LogP contribution in [0.15, 0.2) is 48.5 Å². The first-order valence-corrected chi connectivity index (χ1v) is 12.6. The molecule has 2 heterocycles. The summed E-state index contributed by atoms with van der Waals surface area (Å²) in [4.78, 5) is 0. The first-order chi connectivity index (χ1) is 15.1. The Morgan fingerprint density at radius 2 is 0.938 bits per heavy atom. The highest BCUT2D eigenvalue weighted by atomic mass is 32.1. The molecule has 0 aliphatic heterocycles. The van der Waals surface area contributed by atoms with E-state index in [4.69, 9.17) is 0 Å². The van der Waals surface area contributed by atoms with Crippen molar-refractivity contribution >= 4 is 63.0 Å². The van der Waals surface area contributed by atoms with E-state index in [9.17, 15) is 0 Å². The van der Waals surface area contributed by atoms with Crippen molar-refractivity contribution in [3.8, 4) is 23.7 Å². The zero-order valence-electron chi connectivity index (χ0n) is 19.4. The van der Waals surface area contributed by atoms with Crippen LogP contribution in [0.25, 0.3) is 40.3 Å². The second-order valence-electron chi connectivity index (χ2n) is 10.4. The minimum absolute atomic E-state index is 0.0636. The summed E-state index contributed by atoms with van der Waals surface area (Å²) in [5, 5.41) is 5.09. The van der Waals surface area contributed by atoms with Gasteiger partial charge in [-0.1, -0.05) is 60.1 Å². The smallest absolute Gasteiger partial charge is 0.0531 e. The van der Waals surface area contributed by atoms with Crippen LogP contribution >= 0.6 is 22.7 Å². The lowest BCUT2D eigenvalue weighted by atomic mass is 9.93. The zero-order chi connectivity index (χ0) is 22.7. The largest absolute Gasteiger partial charge is 0.134 e. The van der Waals surface area contributed by atoms with Crippen LogP contribution in [0.1, 0.15) is 52.7 Å². The van der Waals surface area contributed by atoms with E-state index in [1.165, 1.54) is 40.3 Å². The molecular weight excluding hydrogens is 424 g/mol. The molecule has 0 aliphatic carbocycles. The molecule has 0 fully saturated rings. The zero-order valence-corrected chi connectivity index (χ0v) is 21.1. The molecule has 5 aromatic rings. The molecule has 5 rings (SSSR count). The van der Waals surface area contributed by atoms with Crippen LogP contribution in [0, 0.1) is 34.5 Å². The third-order valence-corrected chi connectivity index (χ3v) is 7.65. The first-order valence-electron chi connectivity index (χ1n) is 11.0.